The summed E-state index contributed by atoms with van der Waals surface area (Å²) in [6.45, 7) is 2.04. The van der Waals surface area contributed by atoms with Crippen LogP contribution >= 0.6 is 15.9 Å². The second kappa shape index (κ2) is 13.8. The number of nitro benzene ring substituents is 1. The van der Waals surface area contributed by atoms with Crippen molar-refractivity contribution < 1.29 is 28.8 Å². The van der Waals surface area contributed by atoms with Crippen LogP contribution in [0.5, 0.6) is 11.5 Å². The lowest BCUT2D eigenvalue weighted by molar-refractivity contribution is -0.384. The maximum absolute atomic E-state index is 12.9. The van der Waals surface area contributed by atoms with Crippen molar-refractivity contribution in [3.8, 4) is 11.5 Å². The van der Waals surface area contributed by atoms with Crippen LogP contribution in [0.3, 0.4) is 0 Å². The van der Waals surface area contributed by atoms with Crippen LogP contribution in [-0.2, 0) is 0 Å². The minimum atomic E-state index is -0.717. The van der Waals surface area contributed by atoms with E-state index in [1.165, 1.54) is 36.5 Å². The zero-order valence-corrected chi connectivity index (χ0v) is 23.7. The molecule has 0 aliphatic rings. The van der Waals surface area contributed by atoms with Gasteiger partial charge < -0.3 is 14.8 Å². The molecule has 0 aromatic heterocycles. The number of rotatable bonds is 10. The van der Waals surface area contributed by atoms with Gasteiger partial charge in [-0.3, -0.25) is 19.7 Å². The number of benzene rings is 4. The first-order valence-corrected chi connectivity index (χ1v) is 13.3. The quantitative estimate of drug-likeness (QED) is 0.0718. The summed E-state index contributed by atoms with van der Waals surface area (Å²) in [6.07, 6.45) is 1.38. The standard InChI is InChI=1S/C30H23BrN4O7/c1-2-41-27-17-19(7-16-26(27)42-30(38)21-10-14-23(15-11-21)35(39)40)18-32-34-29(37)24-5-3-4-6-25(24)33-28(36)20-8-12-22(31)13-9-20/h3-18H,2H2,1H3,(H,33,36)(H,34,37)/b32-18-. The van der Waals surface area contributed by atoms with Crippen molar-refractivity contribution in [2.45, 2.75) is 6.92 Å². The van der Waals surface area contributed by atoms with Gasteiger partial charge in [-0.15, -0.1) is 0 Å². The monoisotopic (exact) mass is 630 g/mol. The first-order valence-electron chi connectivity index (χ1n) is 12.5. The van der Waals surface area contributed by atoms with Crippen LogP contribution in [-0.4, -0.2) is 35.5 Å². The van der Waals surface area contributed by atoms with E-state index in [2.05, 4.69) is 31.8 Å². The van der Waals surface area contributed by atoms with Gasteiger partial charge in [-0.2, -0.15) is 5.10 Å². The number of non-ortho nitro benzene ring substituents is 1. The lowest BCUT2D eigenvalue weighted by atomic mass is 10.1. The summed E-state index contributed by atoms with van der Waals surface area (Å²) < 4.78 is 11.9. The topological polar surface area (TPSA) is 149 Å². The Kier molecular flexibility index (Phi) is 9.74. The molecule has 0 aliphatic carbocycles. The highest BCUT2D eigenvalue weighted by Gasteiger charge is 2.16. The van der Waals surface area contributed by atoms with Gasteiger partial charge in [-0.1, -0.05) is 28.1 Å². The number of halogens is 1. The first-order chi connectivity index (χ1) is 20.2. The number of amides is 2. The molecule has 0 saturated heterocycles. The van der Waals surface area contributed by atoms with Crippen LogP contribution in [0.1, 0.15) is 43.6 Å². The number of hydrogen-bond acceptors (Lipinski definition) is 8. The molecule has 4 rings (SSSR count). The lowest BCUT2D eigenvalue weighted by Crippen LogP contribution is -2.21. The van der Waals surface area contributed by atoms with Crippen molar-refractivity contribution in [1.82, 2.24) is 5.43 Å². The van der Waals surface area contributed by atoms with Crippen LogP contribution < -0.4 is 20.2 Å². The molecule has 0 unspecified atom stereocenters. The minimum absolute atomic E-state index is 0.129. The molecule has 0 heterocycles. The van der Waals surface area contributed by atoms with E-state index < -0.39 is 16.8 Å². The Labute approximate surface area is 248 Å². The highest BCUT2D eigenvalue weighted by atomic mass is 79.9. The Morgan fingerprint density at radius 1 is 0.905 bits per heavy atom. The van der Waals surface area contributed by atoms with E-state index in [-0.39, 0.29) is 40.8 Å². The number of carbonyl (C=O) groups excluding carboxylic acids is 3. The van der Waals surface area contributed by atoms with Crippen LogP contribution in [0.4, 0.5) is 11.4 Å². The number of carbonyl (C=O) groups is 3. The average Bonchev–Trinajstić information content (AvgIpc) is 2.99. The van der Waals surface area contributed by atoms with E-state index in [4.69, 9.17) is 9.47 Å². The van der Waals surface area contributed by atoms with Crippen molar-refractivity contribution in [3.63, 3.8) is 0 Å². The molecule has 42 heavy (non-hydrogen) atoms. The normalized spacial score (nSPS) is 10.6. The van der Waals surface area contributed by atoms with Gasteiger partial charge in [-0.05, 0) is 79.2 Å². The summed E-state index contributed by atoms with van der Waals surface area (Å²) >= 11 is 3.33. The molecule has 12 heteroatoms. The molecule has 0 bridgehead atoms. The molecule has 4 aromatic rings. The summed E-state index contributed by atoms with van der Waals surface area (Å²) in [7, 11) is 0. The SMILES string of the molecule is CCOc1cc(/C=N\NC(=O)c2ccccc2NC(=O)c2ccc(Br)cc2)ccc1OC(=O)c1ccc([N+](=O)[O-])cc1. The molecule has 2 amide bonds. The first kappa shape index (κ1) is 29.6. The Morgan fingerprint density at radius 3 is 2.29 bits per heavy atom. The van der Waals surface area contributed by atoms with Gasteiger partial charge in [-0.25, -0.2) is 10.2 Å². The van der Waals surface area contributed by atoms with Gasteiger partial charge in [0, 0.05) is 22.2 Å². The smallest absolute Gasteiger partial charge is 0.343 e. The number of nitro groups is 1. The molecule has 0 aliphatic heterocycles. The molecule has 11 nitrogen and oxygen atoms in total. The van der Waals surface area contributed by atoms with E-state index in [0.717, 1.165) is 4.47 Å². The Bertz CT molecular complexity index is 1660. The minimum Gasteiger partial charge on any atom is -0.490 e. The summed E-state index contributed by atoms with van der Waals surface area (Å²) in [5.41, 5.74) is 3.91. The van der Waals surface area contributed by atoms with Gasteiger partial charge in [0.2, 0.25) is 0 Å². The highest BCUT2D eigenvalue weighted by molar-refractivity contribution is 9.10. The maximum atomic E-state index is 12.9. The van der Waals surface area contributed by atoms with E-state index in [0.29, 0.717) is 16.8 Å². The zero-order valence-electron chi connectivity index (χ0n) is 22.1. The van der Waals surface area contributed by atoms with Gasteiger partial charge in [0.05, 0.1) is 34.6 Å². The Hall–Kier alpha value is -5.36. The van der Waals surface area contributed by atoms with Crippen LogP contribution in [0.15, 0.2) is 101 Å². The van der Waals surface area contributed by atoms with Crippen molar-refractivity contribution in [3.05, 3.63) is 128 Å². The maximum Gasteiger partial charge on any atom is 0.343 e. The number of hydrogen-bond donors (Lipinski definition) is 2. The van der Waals surface area contributed by atoms with Gasteiger partial charge in [0.1, 0.15) is 0 Å². The van der Waals surface area contributed by atoms with E-state index in [1.807, 2.05) is 0 Å². The lowest BCUT2D eigenvalue weighted by Gasteiger charge is -2.11. The third-order valence-corrected chi connectivity index (χ3v) is 6.22. The third kappa shape index (κ3) is 7.64. The molecule has 212 valence electrons. The van der Waals surface area contributed by atoms with Gasteiger partial charge in [0.25, 0.3) is 17.5 Å². The third-order valence-electron chi connectivity index (χ3n) is 5.69. The number of anilines is 1. The van der Waals surface area contributed by atoms with Gasteiger partial charge >= 0.3 is 5.97 Å². The molecule has 4 aromatic carbocycles. The summed E-state index contributed by atoms with van der Waals surface area (Å²) in [4.78, 5) is 48.3. The second-order valence-electron chi connectivity index (χ2n) is 8.54. The molecule has 0 fully saturated rings. The molecule has 2 N–H and O–H groups in total. The van der Waals surface area contributed by atoms with Crippen LogP contribution in [0, 0.1) is 10.1 Å². The fraction of sp³-hybridized carbons (Fsp3) is 0.0667. The number of ether oxygens (including phenoxy) is 2. The summed E-state index contributed by atoms with van der Waals surface area (Å²) in [5, 5.41) is 17.6. The van der Waals surface area contributed by atoms with E-state index in [9.17, 15) is 24.5 Å². The number of nitrogens with zero attached hydrogens (tertiary/aromatic N) is 2. The number of nitrogens with one attached hydrogen (secondary N) is 2. The van der Waals surface area contributed by atoms with Gasteiger partial charge in [0.15, 0.2) is 11.5 Å². The van der Waals surface area contributed by atoms with Crippen molar-refractivity contribution in [2.75, 3.05) is 11.9 Å². The molecule has 0 atom stereocenters. The molecule has 0 radical (unpaired) electrons. The Balaban J connectivity index is 1.43. The number of esters is 1. The Morgan fingerprint density at radius 2 is 1.60 bits per heavy atom. The fourth-order valence-corrected chi connectivity index (χ4v) is 3.91. The largest absolute Gasteiger partial charge is 0.490 e. The van der Waals surface area contributed by atoms with Crippen molar-refractivity contribution in [2.24, 2.45) is 5.10 Å². The number of hydrazone groups is 1. The second-order valence-corrected chi connectivity index (χ2v) is 9.45. The van der Waals surface area contributed by atoms with Crippen LogP contribution in [0.25, 0.3) is 0 Å². The molecule has 0 saturated carbocycles. The average molecular weight is 631 g/mol. The van der Waals surface area contributed by atoms with E-state index in [1.54, 1.807) is 67.6 Å². The predicted molar refractivity (Wildman–Crippen MR) is 159 cm³/mol. The van der Waals surface area contributed by atoms with Crippen molar-refractivity contribution in [1.29, 1.82) is 0 Å². The summed E-state index contributed by atoms with van der Waals surface area (Å²) in [6, 6.07) is 23.0. The highest BCUT2D eigenvalue weighted by Crippen LogP contribution is 2.29. The van der Waals surface area contributed by atoms with E-state index >= 15 is 0 Å². The molecular formula is C30H23BrN4O7. The number of para-hydroxylation sites is 1. The van der Waals surface area contributed by atoms with Crippen LogP contribution in [0.2, 0.25) is 0 Å². The zero-order chi connectivity index (χ0) is 30.1. The molecule has 0 spiro atoms. The van der Waals surface area contributed by atoms with Crippen molar-refractivity contribution >= 4 is 51.3 Å². The predicted octanol–water partition coefficient (Wildman–Crippen LogP) is 5.99. The summed E-state index contributed by atoms with van der Waals surface area (Å²) in [5.74, 6) is -1.24. The fourth-order valence-electron chi connectivity index (χ4n) is 3.65. The molecular weight excluding hydrogens is 608 g/mol.